The fourth-order valence-corrected chi connectivity index (χ4v) is 3.74. The highest BCUT2D eigenvalue weighted by Crippen LogP contribution is 2.26. The molecule has 164 valence electrons. The van der Waals surface area contributed by atoms with Gasteiger partial charge in [-0.1, -0.05) is 6.07 Å². The number of nitrogen functional groups attached to an aromatic ring is 1. The first-order valence-electron chi connectivity index (χ1n) is 10.2. The number of benzene rings is 1. The summed E-state index contributed by atoms with van der Waals surface area (Å²) in [4.78, 5) is 8.38. The summed E-state index contributed by atoms with van der Waals surface area (Å²) in [6.07, 6.45) is 1.85. The van der Waals surface area contributed by atoms with Gasteiger partial charge in [0.2, 0.25) is 5.95 Å². The quantitative estimate of drug-likeness (QED) is 0.542. The second-order valence-corrected chi connectivity index (χ2v) is 7.61. The topological polar surface area (TPSA) is 103 Å². The van der Waals surface area contributed by atoms with Gasteiger partial charge in [0.05, 0.1) is 12.1 Å². The van der Waals surface area contributed by atoms with E-state index in [9.17, 15) is 8.78 Å². The summed E-state index contributed by atoms with van der Waals surface area (Å²) in [6.45, 7) is 5.22. The Labute approximate surface area is 178 Å². The van der Waals surface area contributed by atoms with Gasteiger partial charge in [0, 0.05) is 42.7 Å². The fraction of sp³-hybridized carbons (Fsp3) is 0.381. The molecule has 1 fully saturated rings. The molecule has 0 bridgehead atoms. The molecule has 1 unspecified atom stereocenters. The van der Waals surface area contributed by atoms with Crippen LogP contribution in [0.2, 0.25) is 0 Å². The second kappa shape index (κ2) is 8.84. The Morgan fingerprint density at radius 3 is 2.58 bits per heavy atom. The minimum Gasteiger partial charge on any atom is -0.381 e. The first-order chi connectivity index (χ1) is 14.9. The summed E-state index contributed by atoms with van der Waals surface area (Å²) in [5, 5.41) is 10.9. The molecule has 1 aliphatic heterocycles. The Bertz CT molecular complexity index is 1070. The highest BCUT2D eigenvalue weighted by molar-refractivity contribution is 5.58. The third-order valence-electron chi connectivity index (χ3n) is 5.25. The molecule has 31 heavy (non-hydrogen) atoms. The van der Waals surface area contributed by atoms with Crippen LogP contribution in [0, 0.1) is 18.6 Å². The molecule has 10 heteroatoms. The van der Waals surface area contributed by atoms with Crippen LogP contribution >= 0.6 is 0 Å². The summed E-state index contributed by atoms with van der Waals surface area (Å²) in [6, 6.07) is 6.92. The van der Waals surface area contributed by atoms with Gasteiger partial charge in [-0.25, -0.2) is 8.78 Å². The summed E-state index contributed by atoms with van der Waals surface area (Å²) >= 11 is 0. The third-order valence-corrected chi connectivity index (χ3v) is 5.25. The van der Waals surface area contributed by atoms with Gasteiger partial charge < -0.3 is 21.1 Å². The fourth-order valence-electron chi connectivity index (χ4n) is 3.74. The minimum absolute atomic E-state index is 0.0554. The number of halogens is 2. The molecule has 8 nitrogen and oxygen atoms in total. The van der Waals surface area contributed by atoms with E-state index in [0.717, 1.165) is 37.8 Å². The van der Waals surface area contributed by atoms with Gasteiger partial charge in [0.15, 0.2) is 5.82 Å². The number of nitrogens with two attached hydrogens (primary N) is 1. The molecule has 0 saturated carbocycles. The maximum absolute atomic E-state index is 14.1. The molecule has 1 atom stereocenters. The Morgan fingerprint density at radius 2 is 1.84 bits per heavy atom. The van der Waals surface area contributed by atoms with Crippen LogP contribution < -0.4 is 16.4 Å². The van der Waals surface area contributed by atoms with Gasteiger partial charge in [-0.05, 0) is 32.8 Å². The first kappa shape index (κ1) is 21.0. The van der Waals surface area contributed by atoms with Crippen molar-refractivity contribution in [3.8, 4) is 0 Å². The Balaban J connectivity index is 1.50. The summed E-state index contributed by atoms with van der Waals surface area (Å²) in [5.74, 6) is 0.312. The van der Waals surface area contributed by atoms with Crippen molar-refractivity contribution in [2.45, 2.75) is 38.8 Å². The molecule has 1 aliphatic rings. The number of anilines is 4. The van der Waals surface area contributed by atoms with Crippen molar-refractivity contribution < 1.29 is 13.5 Å². The van der Waals surface area contributed by atoms with Crippen molar-refractivity contribution in [3.05, 3.63) is 53.2 Å². The number of aryl methyl sites for hydroxylation is 1. The van der Waals surface area contributed by atoms with Crippen LogP contribution in [0.15, 0.2) is 30.3 Å². The van der Waals surface area contributed by atoms with Gasteiger partial charge in [-0.2, -0.15) is 15.1 Å². The van der Waals surface area contributed by atoms with Crippen molar-refractivity contribution in [1.82, 2.24) is 19.7 Å². The Kier molecular flexibility index (Phi) is 5.99. The average molecular weight is 429 g/mol. The zero-order chi connectivity index (χ0) is 22.0. The maximum Gasteiger partial charge on any atom is 0.223 e. The molecule has 0 amide bonds. The van der Waals surface area contributed by atoms with E-state index >= 15 is 0 Å². The van der Waals surface area contributed by atoms with Gasteiger partial charge >= 0.3 is 0 Å². The van der Waals surface area contributed by atoms with E-state index in [2.05, 4.69) is 25.7 Å². The lowest BCUT2D eigenvalue weighted by Gasteiger charge is -2.23. The van der Waals surface area contributed by atoms with E-state index in [1.54, 1.807) is 13.0 Å². The predicted octanol–water partition coefficient (Wildman–Crippen LogP) is 4.11. The molecule has 4 N–H and O–H groups in total. The molecular weight excluding hydrogens is 404 g/mol. The molecule has 0 radical (unpaired) electrons. The molecule has 3 heterocycles. The van der Waals surface area contributed by atoms with Crippen molar-refractivity contribution in [2.75, 3.05) is 29.6 Å². The van der Waals surface area contributed by atoms with Crippen LogP contribution in [0.4, 0.5) is 32.2 Å². The van der Waals surface area contributed by atoms with Gasteiger partial charge in [-0.3, -0.25) is 4.68 Å². The number of rotatable bonds is 6. The second-order valence-electron chi connectivity index (χ2n) is 7.61. The minimum atomic E-state index is -0.630. The van der Waals surface area contributed by atoms with E-state index in [0.29, 0.717) is 29.1 Å². The van der Waals surface area contributed by atoms with Gasteiger partial charge in [-0.15, -0.1) is 0 Å². The van der Waals surface area contributed by atoms with E-state index < -0.39 is 17.7 Å². The zero-order valence-corrected chi connectivity index (χ0v) is 17.4. The Morgan fingerprint density at radius 1 is 1.10 bits per heavy atom. The number of ether oxygens (including phenoxy) is 1. The number of nitrogens with zero attached hydrogens (tertiary/aromatic N) is 4. The van der Waals surface area contributed by atoms with Crippen LogP contribution in [0.5, 0.6) is 0 Å². The highest BCUT2D eigenvalue weighted by Gasteiger charge is 2.19. The van der Waals surface area contributed by atoms with Gasteiger partial charge in [0.1, 0.15) is 23.3 Å². The van der Waals surface area contributed by atoms with Crippen molar-refractivity contribution in [2.24, 2.45) is 0 Å². The smallest absolute Gasteiger partial charge is 0.223 e. The zero-order valence-electron chi connectivity index (χ0n) is 17.4. The standard InChI is InChI=1S/C21H25F2N7O/c1-12-9-20(29-30(12)15-5-7-31-8-6-15)26-19-11-18(27-21(24)28-19)25-13(2)16-4-3-14(22)10-17(16)23/h3-4,9-11,13,15H,5-8H2,1-2H3,(H4,24,25,26,27,28,29). The van der Waals surface area contributed by atoms with Crippen LogP contribution in [0.25, 0.3) is 0 Å². The van der Waals surface area contributed by atoms with Crippen LogP contribution in [0.3, 0.4) is 0 Å². The Hall–Kier alpha value is -3.27. The molecule has 0 spiro atoms. The lowest BCUT2D eigenvalue weighted by molar-refractivity contribution is 0.0657. The van der Waals surface area contributed by atoms with Crippen molar-refractivity contribution >= 4 is 23.4 Å². The first-order valence-corrected chi connectivity index (χ1v) is 10.2. The average Bonchev–Trinajstić information content (AvgIpc) is 3.08. The normalized spacial score (nSPS) is 15.6. The lowest BCUT2D eigenvalue weighted by Crippen LogP contribution is -2.21. The van der Waals surface area contributed by atoms with Gasteiger partial charge in [0.25, 0.3) is 0 Å². The van der Waals surface area contributed by atoms with Crippen molar-refractivity contribution in [3.63, 3.8) is 0 Å². The summed E-state index contributed by atoms with van der Waals surface area (Å²) in [7, 11) is 0. The van der Waals surface area contributed by atoms with E-state index in [1.807, 2.05) is 17.7 Å². The summed E-state index contributed by atoms with van der Waals surface area (Å²) < 4.78 is 34.7. The van der Waals surface area contributed by atoms with E-state index in [1.165, 1.54) is 12.1 Å². The third kappa shape index (κ3) is 4.91. The van der Waals surface area contributed by atoms with E-state index in [4.69, 9.17) is 10.5 Å². The molecule has 3 aromatic rings. The molecule has 0 aliphatic carbocycles. The predicted molar refractivity (Wildman–Crippen MR) is 114 cm³/mol. The number of aromatic nitrogens is 4. The number of hydrogen-bond acceptors (Lipinski definition) is 7. The monoisotopic (exact) mass is 429 g/mol. The van der Waals surface area contributed by atoms with Crippen LogP contribution in [0.1, 0.15) is 43.1 Å². The van der Waals surface area contributed by atoms with Crippen LogP contribution in [-0.2, 0) is 4.74 Å². The van der Waals surface area contributed by atoms with E-state index in [-0.39, 0.29) is 5.95 Å². The number of nitrogens with one attached hydrogen (secondary N) is 2. The molecule has 4 rings (SSSR count). The lowest BCUT2D eigenvalue weighted by atomic mass is 10.1. The van der Waals surface area contributed by atoms with Crippen molar-refractivity contribution in [1.29, 1.82) is 0 Å². The van der Waals surface area contributed by atoms with Crippen LogP contribution in [-0.4, -0.2) is 33.0 Å². The SMILES string of the molecule is Cc1cc(Nc2cc(NC(C)c3ccc(F)cc3F)nc(N)n2)nn1C1CCOCC1. The summed E-state index contributed by atoms with van der Waals surface area (Å²) in [5.41, 5.74) is 7.22. The molecule has 2 aromatic heterocycles. The molecule has 1 saturated heterocycles. The molecule has 1 aromatic carbocycles. The maximum atomic E-state index is 14.1. The largest absolute Gasteiger partial charge is 0.381 e. The molecular formula is C21H25F2N7O. The number of hydrogen-bond donors (Lipinski definition) is 3. The highest BCUT2D eigenvalue weighted by atomic mass is 19.1.